The largest absolute Gasteiger partial charge is 0.370 e. The van der Waals surface area contributed by atoms with Crippen molar-refractivity contribution in [3.05, 3.63) is 0 Å². The summed E-state index contributed by atoms with van der Waals surface area (Å²) < 4.78 is 0. The zero-order chi connectivity index (χ0) is 15.1. The fraction of sp³-hybridized carbons (Fsp3) is 0.833. The first-order valence-corrected chi connectivity index (χ1v) is 6.99. The molecule has 0 aromatic heterocycles. The highest BCUT2D eigenvalue weighted by atomic mass is 15.3. The summed E-state index contributed by atoms with van der Waals surface area (Å²) in [7, 11) is 0. The summed E-state index contributed by atoms with van der Waals surface area (Å²) in [6, 6.07) is 0.944. The Hall–Kier alpha value is -1.54. The van der Waals surface area contributed by atoms with Crippen LogP contribution < -0.4 is 22.9 Å². The van der Waals surface area contributed by atoms with E-state index in [-0.39, 0.29) is 11.9 Å². The smallest absolute Gasteiger partial charge is 0.185 e. The number of nitrogens with two attached hydrogens (primary N) is 4. The van der Waals surface area contributed by atoms with Gasteiger partial charge >= 0.3 is 0 Å². The Morgan fingerprint density at radius 3 is 1.50 bits per heavy atom. The third kappa shape index (κ3) is 5.62. The highest BCUT2D eigenvalue weighted by molar-refractivity contribution is 5.75. The van der Waals surface area contributed by atoms with E-state index >= 15 is 0 Å². The number of aliphatic imine (C=N–C) groups is 2. The lowest BCUT2D eigenvalue weighted by molar-refractivity contribution is 0.0471. The summed E-state index contributed by atoms with van der Waals surface area (Å²) in [6.45, 7) is 9.49. The zero-order valence-corrected chi connectivity index (χ0v) is 12.5. The van der Waals surface area contributed by atoms with Crippen LogP contribution in [0.4, 0.5) is 0 Å². The molecule has 1 rings (SSSR count). The molecule has 2 unspecified atom stereocenters. The summed E-state index contributed by atoms with van der Waals surface area (Å²) in [6.07, 6.45) is 0. The molecule has 1 fully saturated rings. The van der Waals surface area contributed by atoms with Gasteiger partial charge in [-0.05, 0) is 13.8 Å². The fourth-order valence-electron chi connectivity index (χ4n) is 2.51. The Labute approximate surface area is 120 Å². The van der Waals surface area contributed by atoms with Gasteiger partial charge in [0.05, 0.1) is 13.1 Å². The van der Waals surface area contributed by atoms with Gasteiger partial charge in [0.25, 0.3) is 0 Å². The molecule has 0 aliphatic carbocycles. The van der Waals surface area contributed by atoms with Crippen LogP contribution in [0.25, 0.3) is 0 Å². The van der Waals surface area contributed by atoms with Gasteiger partial charge in [-0.15, -0.1) is 0 Å². The van der Waals surface area contributed by atoms with E-state index < -0.39 is 0 Å². The van der Waals surface area contributed by atoms with Crippen LogP contribution >= 0.6 is 0 Å². The van der Waals surface area contributed by atoms with Crippen LogP contribution in [-0.2, 0) is 0 Å². The lowest BCUT2D eigenvalue weighted by Gasteiger charge is -2.43. The number of hydrogen-bond acceptors (Lipinski definition) is 4. The summed E-state index contributed by atoms with van der Waals surface area (Å²) >= 11 is 0. The van der Waals surface area contributed by atoms with Crippen molar-refractivity contribution in [1.82, 2.24) is 9.80 Å². The molecule has 1 heterocycles. The molecular weight excluding hydrogens is 256 g/mol. The van der Waals surface area contributed by atoms with Gasteiger partial charge in [-0.1, -0.05) is 0 Å². The minimum Gasteiger partial charge on any atom is -0.370 e. The van der Waals surface area contributed by atoms with Crippen molar-refractivity contribution < 1.29 is 0 Å². The van der Waals surface area contributed by atoms with Crippen molar-refractivity contribution in [2.24, 2.45) is 32.9 Å². The molecule has 0 aromatic rings. The van der Waals surface area contributed by atoms with Crippen LogP contribution in [0.1, 0.15) is 13.8 Å². The van der Waals surface area contributed by atoms with Crippen LogP contribution in [0.3, 0.4) is 0 Å². The molecule has 8 N–H and O–H groups in total. The average molecular weight is 284 g/mol. The Balaban J connectivity index is 2.41. The first kappa shape index (κ1) is 16.5. The average Bonchev–Trinajstić information content (AvgIpc) is 2.33. The SMILES string of the molecule is CC1CN(CCN=C(N)N)C(C)CN1CCN=C(N)N. The highest BCUT2D eigenvalue weighted by Crippen LogP contribution is 2.14. The molecule has 0 bridgehead atoms. The Bertz CT molecular complexity index is 311. The number of piperazine rings is 1. The molecule has 1 aliphatic rings. The molecule has 0 saturated carbocycles. The second-order valence-corrected chi connectivity index (χ2v) is 5.30. The summed E-state index contributed by atoms with van der Waals surface area (Å²) in [5.74, 6) is 0.308. The maximum atomic E-state index is 5.34. The Kier molecular flexibility index (Phi) is 6.53. The highest BCUT2D eigenvalue weighted by Gasteiger charge is 2.28. The molecule has 8 heteroatoms. The van der Waals surface area contributed by atoms with Crippen molar-refractivity contribution in [3.63, 3.8) is 0 Å². The lowest BCUT2D eigenvalue weighted by atomic mass is 10.1. The molecule has 1 aliphatic heterocycles. The van der Waals surface area contributed by atoms with E-state index in [2.05, 4.69) is 33.6 Å². The topological polar surface area (TPSA) is 135 Å². The van der Waals surface area contributed by atoms with E-state index in [9.17, 15) is 0 Å². The van der Waals surface area contributed by atoms with Gasteiger partial charge in [-0.2, -0.15) is 0 Å². The summed E-state index contributed by atoms with van der Waals surface area (Å²) in [5, 5.41) is 0. The number of rotatable bonds is 6. The van der Waals surface area contributed by atoms with Gasteiger partial charge < -0.3 is 22.9 Å². The normalized spacial score (nSPS) is 24.3. The quantitative estimate of drug-likeness (QED) is 0.327. The first-order valence-electron chi connectivity index (χ1n) is 6.99. The van der Waals surface area contributed by atoms with Crippen molar-refractivity contribution in [1.29, 1.82) is 0 Å². The molecule has 0 amide bonds. The minimum atomic E-state index is 0.154. The van der Waals surface area contributed by atoms with Crippen molar-refractivity contribution >= 4 is 11.9 Å². The second-order valence-electron chi connectivity index (χ2n) is 5.30. The summed E-state index contributed by atoms with van der Waals surface area (Å²) in [4.78, 5) is 12.9. The van der Waals surface area contributed by atoms with Crippen LogP contribution in [0.5, 0.6) is 0 Å². The number of guanidine groups is 2. The van der Waals surface area contributed by atoms with Crippen molar-refractivity contribution in [2.75, 3.05) is 39.3 Å². The van der Waals surface area contributed by atoms with Gasteiger partial charge in [-0.3, -0.25) is 19.8 Å². The van der Waals surface area contributed by atoms with Gasteiger partial charge in [0.15, 0.2) is 11.9 Å². The van der Waals surface area contributed by atoms with Crippen LogP contribution in [0, 0.1) is 0 Å². The predicted octanol–water partition coefficient (Wildman–Crippen LogP) is -2.07. The van der Waals surface area contributed by atoms with Gasteiger partial charge in [0.1, 0.15) is 0 Å². The van der Waals surface area contributed by atoms with Crippen molar-refractivity contribution in [3.8, 4) is 0 Å². The van der Waals surface area contributed by atoms with E-state index in [1.807, 2.05) is 0 Å². The predicted molar refractivity (Wildman–Crippen MR) is 83.4 cm³/mol. The third-order valence-electron chi connectivity index (χ3n) is 3.61. The second kappa shape index (κ2) is 7.91. The molecular formula is C12H28N8. The van der Waals surface area contributed by atoms with Gasteiger partial charge in [0.2, 0.25) is 0 Å². The van der Waals surface area contributed by atoms with E-state index in [0.717, 1.165) is 26.2 Å². The summed E-state index contributed by atoms with van der Waals surface area (Å²) in [5.41, 5.74) is 21.4. The van der Waals surface area contributed by atoms with E-state index in [1.54, 1.807) is 0 Å². The van der Waals surface area contributed by atoms with Gasteiger partial charge in [-0.25, -0.2) is 0 Å². The minimum absolute atomic E-state index is 0.154. The molecule has 116 valence electrons. The zero-order valence-electron chi connectivity index (χ0n) is 12.5. The van der Waals surface area contributed by atoms with E-state index in [1.165, 1.54) is 0 Å². The first-order chi connectivity index (χ1) is 9.40. The maximum absolute atomic E-state index is 5.34. The maximum Gasteiger partial charge on any atom is 0.185 e. The monoisotopic (exact) mass is 284 g/mol. The van der Waals surface area contributed by atoms with Crippen LogP contribution in [0.2, 0.25) is 0 Å². The van der Waals surface area contributed by atoms with Gasteiger partial charge in [0, 0.05) is 38.3 Å². The standard InChI is InChI=1S/C12H28N8/c1-9-7-20(6-4-18-12(15)16)10(2)8-19(9)5-3-17-11(13)14/h9-10H,3-8H2,1-2H3,(H4,13,14,17)(H4,15,16,18). The van der Waals surface area contributed by atoms with E-state index in [4.69, 9.17) is 22.9 Å². The number of nitrogens with zero attached hydrogens (tertiary/aromatic N) is 4. The van der Waals surface area contributed by atoms with Crippen LogP contribution in [0.15, 0.2) is 9.98 Å². The molecule has 2 atom stereocenters. The Morgan fingerprint density at radius 2 is 1.20 bits per heavy atom. The molecule has 0 aromatic carbocycles. The molecule has 1 saturated heterocycles. The fourth-order valence-corrected chi connectivity index (χ4v) is 2.51. The lowest BCUT2D eigenvalue weighted by Crippen LogP contribution is -2.57. The number of hydrogen-bond donors (Lipinski definition) is 4. The molecule has 20 heavy (non-hydrogen) atoms. The molecule has 0 spiro atoms. The molecule has 8 nitrogen and oxygen atoms in total. The molecule has 0 radical (unpaired) electrons. The van der Waals surface area contributed by atoms with E-state index in [0.29, 0.717) is 25.2 Å². The Morgan fingerprint density at radius 1 is 0.850 bits per heavy atom. The van der Waals surface area contributed by atoms with Crippen LogP contribution in [-0.4, -0.2) is 73.1 Å². The van der Waals surface area contributed by atoms with Crippen molar-refractivity contribution in [2.45, 2.75) is 25.9 Å². The third-order valence-corrected chi connectivity index (χ3v) is 3.61.